The minimum Gasteiger partial charge on any atom is -0.545 e. The normalized spacial score (nSPS) is 12.7. The van der Waals surface area contributed by atoms with E-state index < -0.39 is 11.9 Å². The van der Waals surface area contributed by atoms with Crippen molar-refractivity contribution in [2.24, 2.45) is 0 Å². The lowest BCUT2D eigenvalue weighted by Crippen LogP contribution is -2.24. The van der Waals surface area contributed by atoms with Crippen LogP contribution in [0.5, 0.6) is 0 Å². The number of carbonyl (C=O) groups excluding carboxylic acids is 6. The molecule has 2 unspecified atom stereocenters. The van der Waals surface area contributed by atoms with Gasteiger partial charge in [0, 0.05) is 163 Å². The Morgan fingerprint density at radius 2 is 1.01 bits per heavy atom. The summed E-state index contributed by atoms with van der Waals surface area (Å²) >= 11 is 8.60. The minimum atomic E-state index is -1.20. The Morgan fingerprint density at radius 1 is 0.564 bits per heavy atom. The number of fused-ring (bicyclic) bond motifs is 4. The number of thiol groups is 2. The minimum absolute atomic E-state index is 0.0865. The van der Waals surface area contributed by atoms with E-state index in [0.29, 0.717) is 77.8 Å². The van der Waals surface area contributed by atoms with E-state index in [4.69, 9.17) is 8.83 Å². The van der Waals surface area contributed by atoms with Crippen LogP contribution in [0.2, 0.25) is 0 Å². The van der Waals surface area contributed by atoms with Crippen LogP contribution in [0.15, 0.2) is 130 Å². The van der Waals surface area contributed by atoms with Gasteiger partial charge in [-0.3, -0.25) is 9.59 Å². The summed E-state index contributed by atoms with van der Waals surface area (Å²) in [6.45, 7) is 4.39. The van der Waals surface area contributed by atoms with E-state index in [1.807, 2.05) is 194 Å². The summed E-state index contributed by atoms with van der Waals surface area (Å²) < 4.78 is 16.6. The lowest BCUT2D eigenvalue weighted by atomic mass is 9.90. The summed E-state index contributed by atoms with van der Waals surface area (Å²) in [6, 6.07) is 37.7. The largest absolute Gasteiger partial charge is 0.545 e. The average Bonchev–Trinajstić information content (AvgIpc) is 0.759. The number of hydrogen-bond acceptors (Lipinski definition) is 16. The quantitative estimate of drug-likeness (QED) is 0.0131. The number of carboxylic acid groups (broad SMARTS) is 2. The number of carboxylic acids is 2. The molecule has 502 valence electrons. The number of anilines is 2. The summed E-state index contributed by atoms with van der Waals surface area (Å²) in [6.07, 6.45) is 12.5. The molecule has 3 aliphatic heterocycles. The third-order valence-corrected chi connectivity index (χ3v) is 19.7. The first-order valence-electron chi connectivity index (χ1n) is 32.0. The number of rotatable bonds is 26. The molecule has 0 bridgehead atoms. The van der Waals surface area contributed by atoms with Crippen LogP contribution in [0.3, 0.4) is 0 Å². The van der Waals surface area contributed by atoms with Gasteiger partial charge in [0.25, 0.3) is 0 Å². The molecule has 0 radical (unpaired) electrons. The van der Waals surface area contributed by atoms with Gasteiger partial charge in [-0.25, -0.2) is 9.15 Å². The highest BCUT2D eigenvalue weighted by Gasteiger charge is 2.23. The first-order chi connectivity index (χ1) is 45.0. The summed E-state index contributed by atoms with van der Waals surface area (Å²) in [7, 11) is 19.7. The zero-order valence-electron chi connectivity index (χ0n) is 56.0. The number of ketones is 2. The molecule has 4 aromatic rings. The predicted octanol–water partition coefficient (Wildman–Crippen LogP) is 11.2. The van der Waals surface area contributed by atoms with Crippen LogP contribution in [0.25, 0.3) is 66.8 Å². The average molecular weight is 1350 g/mol. The van der Waals surface area contributed by atoms with Crippen LogP contribution in [0, 0.1) is 0 Å². The molecule has 9 rings (SSSR count). The molecular weight excluding hydrogens is 1260 g/mol. The van der Waals surface area contributed by atoms with Gasteiger partial charge >= 0.3 is 0 Å². The van der Waals surface area contributed by atoms with Crippen LogP contribution < -0.4 is 50.5 Å². The van der Waals surface area contributed by atoms with E-state index in [2.05, 4.69) is 35.9 Å². The Morgan fingerprint density at radius 3 is 1.40 bits per heavy atom. The molecule has 1 fully saturated rings. The highest BCUT2D eigenvalue weighted by atomic mass is 33.1. The van der Waals surface area contributed by atoms with Crippen LogP contribution >= 0.6 is 46.8 Å². The van der Waals surface area contributed by atoms with Crippen molar-refractivity contribution in [1.29, 1.82) is 0 Å². The molecule has 0 aromatic heterocycles. The summed E-state index contributed by atoms with van der Waals surface area (Å²) in [5, 5.41) is 34.2. The molecule has 2 amide bonds. The fraction of sp³-hybridized carbons (Fsp3) is 0.405. The van der Waals surface area contributed by atoms with Crippen LogP contribution in [0.4, 0.5) is 11.4 Å². The Hall–Kier alpha value is -7.52. The number of carbonyl (C=O) groups is 6. The van der Waals surface area contributed by atoms with Crippen molar-refractivity contribution in [1.82, 2.24) is 19.8 Å². The first kappa shape index (κ1) is 75.5. The zero-order chi connectivity index (χ0) is 68.4. The van der Waals surface area contributed by atoms with E-state index in [1.165, 1.54) is 18.6 Å². The highest BCUT2D eigenvalue weighted by Crippen LogP contribution is 2.44. The third kappa shape index (κ3) is 22.9. The second-order valence-electron chi connectivity index (χ2n) is 24.2. The van der Waals surface area contributed by atoms with Gasteiger partial charge in [-0.05, 0) is 118 Å². The Balaban J connectivity index is 0.000000204. The molecule has 5 aliphatic rings. The molecule has 2 atom stereocenters. The molecule has 16 nitrogen and oxygen atoms in total. The maximum absolute atomic E-state index is 11.8. The Kier molecular flexibility index (Phi) is 30.6. The molecule has 2 aliphatic carbocycles. The van der Waals surface area contributed by atoms with Crippen molar-refractivity contribution >= 4 is 115 Å². The molecule has 3 heterocycles. The fourth-order valence-corrected chi connectivity index (χ4v) is 14.5. The van der Waals surface area contributed by atoms with E-state index in [9.17, 15) is 39.0 Å². The lowest BCUT2D eigenvalue weighted by molar-refractivity contribution is -0.256. The number of Topliss-reactive ketones (excluding diaryl/α,β-unsaturated/α-hetero) is 2. The second kappa shape index (κ2) is 38.1. The van der Waals surface area contributed by atoms with Crippen molar-refractivity contribution in [2.45, 2.75) is 114 Å². The third-order valence-electron chi connectivity index (χ3n) is 15.9. The van der Waals surface area contributed by atoms with Gasteiger partial charge in [-0.1, -0.05) is 83.0 Å². The number of nitrogens with one attached hydrogen (secondary N) is 2. The number of aromatic carboxylic acids is 2. The van der Waals surface area contributed by atoms with Crippen molar-refractivity contribution in [3.8, 4) is 44.9 Å². The monoisotopic (exact) mass is 1350 g/mol. The molecule has 1 saturated heterocycles. The first-order valence-corrected chi connectivity index (χ1v) is 35.6. The number of hydrogen-bond donors (Lipinski definition) is 4. The smallest absolute Gasteiger partial charge is 0.219 e. The zero-order valence-corrected chi connectivity index (χ0v) is 59.4. The maximum atomic E-state index is 11.8. The van der Waals surface area contributed by atoms with Gasteiger partial charge in [0.1, 0.15) is 62.4 Å². The summed E-state index contributed by atoms with van der Waals surface area (Å²) in [5.74, 6) is 1.73. The molecule has 94 heavy (non-hydrogen) atoms. The van der Waals surface area contributed by atoms with Crippen LogP contribution in [0.1, 0.15) is 124 Å². The SMILES string of the molecule is CC(=O)CCCNC(=O)CCCCC(S)CCS.CC(=O)CCCNC(=O)CCCCC1CCSS1.CN(C)c1ccc2c(-c3ccccc3C(=O)[O-])c3ccc(=[N+](C)C)cc-3oc2c1.CN(C)c1ccc2c(-c3ccccc3C(=O)[O-])c3ccc(=[N+](C)C)cc-3oc2c1. The van der Waals surface area contributed by atoms with E-state index >= 15 is 0 Å². The molecular formula is C74H92N6O10S4. The number of unbranched alkanes of at least 4 members (excludes halogenated alkanes) is 2. The van der Waals surface area contributed by atoms with E-state index in [1.54, 1.807) is 38.1 Å². The summed E-state index contributed by atoms with van der Waals surface area (Å²) in [4.78, 5) is 71.9. The van der Waals surface area contributed by atoms with Gasteiger partial charge < -0.3 is 58.7 Å². The van der Waals surface area contributed by atoms with E-state index in [0.717, 1.165) is 117 Å². The van der Waals surface area contributed by atoms with Gasteiger partial charge in [0.2, 0.25) is 22.5 Å². The Bertz CT molecular complexity index is 3760. The maximum Gasteiger partial charge on any atom is 0.219 e. The van der Waals surface area contributed by atoms with Gasteiger partial charge in [-0.2, -0.15) is 25.3 Å². The second-order valence-corrected chi connectivity index (χ2v) is 28.2. The van der Waals surface area contributed by atoms with E-state index in [-0.39, 0.29) is 34.5 Å². The number of amides is 2. The summed E-state index contributed by atoms with van der Waals surface area (Å²) in [5.41, 5.74) is 8.33. The molecule has 0 saturated carbocycles. The predicted molar refractivity (Wildman–Crippen MR) is 391 cm³/mol. The van der Waals surface area contributed by atoms with Gasteiger partial charge in [0.05, 0.1) is 24.1 Å². The molecule has 4 aromatic carbocycles. The molecule has 20 heteroatoms. The van der Waals surface area contributed by atoms with Crippen molar-refractivity contribution in [2.75, 3.05) is 90.8 Å². The van der Waals surface area contributed by atoms with Gasteiger partial charge in [0.15, 0.2) is 0 Å². The number of benzene rings is 6. The topological polar surface area (TPSA) is 211 Å². The lowest BCUT2D eigenvalue weighted by Gasteiger charge is -2.19. The molecule has 0 spiro atoms. The van der Waals surface area contributed by atoms with Crippen molar-refractivity contribution in [3.63, 3.8) is 0 Å². The van der Waals surface area contributed by atoms with Gasteiger partial charge in [-0.15, -0.1) is 0 Å². The van der Waals surface area contributed by atoms with Crippen LogP contribution in [-0.4, -0.2) is 127 Å². The van der Waals surface area contributed by atoms with Crippen LogP contribution in [-0.2, 0) is 19.2 Å². The highest BCUT2D eigenvalue weighted by molar-refractivity contribution is 8.77. The Labute approximate surface area is 572 Å². The fourth-order valence-electron chi connectivity index (χ4n) is 10.7. The standard InChI is InChI=1S/2C24H22N2O3.C13H23NO2S2.C13H25NO2S2/c2*1-25(2)15-9-11-19-21(13-15)29-22-14-16(26(3)4)10-12-20(22)23(19)17-7-5-6-8-18(17)24(27)28;1-11(15)5-4-9-14-13(16)7-3-2-6-12-8-10-17-18-12;1-11(15)5-4-9-14-13(16)7-3-2-6-12(18)8-10-17/h2*5-14H,1-4H3;12H,2-10H2,1H3,(H,14,16);12,17-18H,2-10H2,1H3,(H,14,16). The van der Waals surface area contributed by atoms with Crippen molar-refractivity contribution < 1.29 is 47.8 Å². The van der Waals surface area contributed by atoms with Crippen molar-refractivity contribution in [3.05, 3.63) is 143 Å². The molecule has 2 N–H and O–H groups in total. The number of nitrogens with zero attached hydrogens (tertiary/aromatic N) is 4.